The van der Waals surface area contributed by atoms with Gasteiger partial charge < -0.3 is 15.4 Å². The van der Waals surface area contributed by atoms with Gasteiger partial charge in [0, 0.05) is 17.7 Å². The quantitative estimate of drug-likeness (QED) is 0.374. The summed E-state index contributed by atoms with van der Waals surface area (Å²) in [5, 5.41) is 4.22. The fraction of sp³-hybridized carbons (Fsp3) is 0.444. The number of hydrogen-bond donors (Lipinski definition) is 2. The summed E-state index contributed by atoms with van der Waals surface area (Å²) in [4.78, 5) is 45.7. The molecule has 0 heterocycles. The SMILES string of the molecule is COC(=O)[C@H](CCCCNC(=O)c1ccc(C(C)=O)cc1)NC(=O)C(F)(F)F. The van der Waals surface area contributed by atoms with Crippen LogP contribution >= 0.6 is 0 Å². The smallest absolute Gasteiger partial charge is 0.467 e. The number of halogens is 3. The van der Waals surface area contributed by atoms with Crippen molar-refractivity contribution < 1.29 is 37.1 Å². The Kier molecular flexibility index (Phi) is 8.62. The number of amides is 2. The zero-order valence-electron chi connectivity index (χ0n) is 15.4. The number of ether oxygens (including phenoxy) is 1. The molecule has 154 valence electrons. The lowest BCUT2D eigenvalue weighted by Crippen LogP contribution is -2.47. The third kappa shape index (κ3) is 7.37. The number of unbranched alkanes of at least 4 members (excludes halogenated alkanes) is 1. The van der Waals surface area contributed by atoms with Crippen LogP contribution in [0.2, 0.25) is 0 Å². The van der Waals surface area contributed by atoms with Crippen LogP contribution in [0.1, 0.15) is 46.9 Å². The van der Waals surface area contributed by atoms with E-state index >= 15 is 0 Å². The molecule has 1 aromatic rings. The van der Waals surface area contributed by atoms with Crippen molar-refractivity contribution in [3.8, 4) is 0 Å². The van der Waals surface area contributed by atoms with Crippen molar-refractivity contribution >= 4 is 23.6 Å². The van der Waals surface area contributed by atoms with Gasteiger partial charge in [-0.05, 0) is 38.3 Å². The van der Waals surface area contributed by atoms with E-state index in [1.807, 2.05) is 0 Å². The van der Waals surface area contributed by atoms with Crippen LogP contribution in [-0.2, 0) is 14.3 Å². The third-order valence-corrected chi connectivity index (χ3v) is 3.81. The first-order valence-corrected chi connectivity index (χ1v) is 8.41. The van der Waals surface area contributed by atoms with E-state index in [0.29, 0.717) is 17.5 Å². The Labute approximate surface area is 159 Å². The molecule has 2 N–H and O–H groups in total. The molecular weight excluding hydrogens is 381 g/mol. The second kappa shape index (κ2) is 10.4. The van der Waals surface area contributed by atoms with Gasteiger partial charge in [-0.25, -0.2) is 4.79 Å². The Morgan fingerprint density at radius 3 is 2.11 bits per heavy atom. The molecule has 0 bridgehead atoms. The summed E-state index contributed by atoms with van der Waals surface area (Å²) in [6.45, 7) is 1.63. The lowest BCUT2D eigenvalue weighted by Gasteiger charge is -2.17. The highest BCUT2D eigenvalue weighted by molar-refractivity contribution is 5.97. The summed E-state index contributed by atoms with van der Waals surface area (Å²) in [5.74, 6) is -3.69. The van der Waals surface area contributed by atoms with Gasteiger partial charge in [0.15, 0.2) is 5.78 Å². The fourth-order valence-corrected chi connectivity index (χ4v) is 2.27. The topological polar surface area (TPSA) is 102 Å². The predicted octanol–water partition coefficient (Wildman–Crippen LogP) is 2.01. The Balaban J connectivity index is 2.44. The van der Waals surface area contributed by atoms with Gasteiger partial charge in [0.05, 0.1) is 7.11 Å². The lowest BCUT2D eigenvalue weighted by molar-refractivity contribution is -0.175. The van der Waals surface area contributed by atoms with Crippen LogP contribution in [0.3, 0.4) is 0 Å². The Morgan fingerprint density at radius 2 is 1.61 bits per heavy atom. The minimum absolute atomic E-state index is 0.0718. The molecule has 0 radical (unpaired) electrons. The highest BCUT2D eigenvalue weighted by atomic mass is 19.4. The predicted molar refractivity (Wildman–Crippen MR) is 92.6 cm³/mol. The van der Waals surface area contributed by atoms with E-state index in [1.165, 1.54) is 31.2 Å². The van der Waals surface area contributed by atoms with Crippen LogP contribution in [0.15, 0.2) is 24.3 Å². The number of esters is 1. The van der Waals surface area contributed by atoms with Gasteiger partial charge >= 0.3 is 18.1 Å². The first kappa shape index (κ1) is 23.1. The molecule has 1 aromatic carbocycles. The van der Waals surface area contributed by atoms with Gasteiger partial charge in [-0.15, -0.1) is 0 Å². The number of benzene rings is 1. The standard InChI is InChI=1S/C18H21F3N2O5/c1-11(24)12-6-8-13(9-7-12)15(25)22-10-4-3-5-14(16(26)28-2)23-17(27)18(19,20)21/h6-9,14H,3-5,10H2,1-2H3,(H,22,25)(H,23,27)/t14-/m0/s1. The van der Waals surface area contributed by atoms with E-state index in [9.17, 15) is 32.3 Å². The van der Waals surface area contributed by atoms with Crippen molar-refractivity contribution in [3.05, 3.63) is 35.4 Å². The summed E-state index contributed by atoms with van der Waals surface area (Å²) < 4.78 is 41.3. The number of hydrogen-bond acceptors (Lipinski definition) is 5. The van der Waals surface area contributed by atoms with Gasteiger partial charge in [-0.1, -0.05) is 12.1 Å². The van der Waals surface area contributed by atoms with Crippen molar-refractivity contribution in [2.24, 2.45) is 0 Å². The third-order valence-electron chi connectivity index (χ3n) is 3.81. The van der Waals surface area contributed by atoms with Gasteiger partial charge in [0.2, 0.25) is 0 Å². The van der Waals surface area contributed by atoms with E-state index in [4.69, 9.17) is 0 Å². The molecule has 0 aromatic heterocycles. The second-order valence-corrected chi connectivity index (χ2v) is 5.93. The number of carbonyl (C=O) groups excluding carboxylic acids is 4. The molecule has 1 atom stereocenters. The van der Waals surface area contributed by atoms with Crippen molar-refractivity contribution in [3.63, 3.8) is 0 Å². The van der Waals surface area contributed by atoms with Gasteiger partial charge in [0.1, 0.15) is 6.04 Å². The Hall–Kier alpha value is -2.91. The molecule has 0 aliphatic heterocycles. The van der Waals surface area contributed by atoms with Crippen LogP contribution in [0.25, 0.3) is 0 Å². The van der Waals surface area contributed by atoms with E-state index in [1.54, 1.807) is 5.32 Å². The normalized spacial score (nSPS) is 12.0. The molecule has 28 heavy (non-hydrogen) atoms. The molecule has 0 aliphatic carbocycles. The largest absolute Gasteiger partial charge is 0.471 e. The van der Waals surface area contributed by atoms with E-state index in [0.717, 1.165) is 7.11 Å². The average Bonchev–Trinajstić information content (AvgIpc) is 2.65. The van der Waals surface area contributed by atoms with E-state index in [2.05, 4.69) is 10.1 Å². The molecule has 0 fully saturated rings. The van der Waals surface area contributed by atoms with Gasteiger partial charge in [-0.3, -0.25) is 14.4 Å². The Bertz CT molecular complexity index is 717. The monoisotopic (exact) mass is 402 g/mol. The molecular formula is C18H21F3N2O5. The van der Waals surface area contributed by atoms with Crippen molar-refractivity contribution in [1.82, 2.24) is 10.6 Å². The number of Topliss-reactive ketones (excluding diaryl/α,β-unsaturated/α-hetero) is 1. The molecule has 0 saturated heterocycles. The molecule has 0 saturated carbocycles. The van der Waals surface area contributed by atoms with Gasteiger partial charge in [0.25, 0.3) is 5.91 Å². The zero-order chi connectivity index (χ0) is 21.3. The minimum atomic E-state index is -5.10. The highest BCUT2D eigenvalue weighted by Gasteiger charge is 2.40. The molecule has 10 heteroatoms. The number of methoxy groups -OCH3 is 1. The molecule has 7 nitrogen and oxygen atoms in total. The maximum Gasteiger partial charge on any atom is 0.471 e. The van der Waals surface area contributed by atoms with Crippen molar-refractivity contribution in [2.75, 3.05) is 13.7 Å². The number of ketones is 1. The molecule has 1 rings (SSSR count). The average molecular weight is 402 g/mol. The summed E-state index contributed by atoms with van der Waals surface area (Å²) in [7, 11) is 1.01. The van der Waals surface area contributed by atoms with E-state index < -0.39 is 24.1 Å². The van der Waals surface area contributed by atoms with Crippen LogP contribution in [0, 0.1) is 0 Å². The number of carbonyl (C=O) groups is 4. The first-order chi connectivity index (χ1) is 13.1. The molecule has 0 spiro atoms. The molecule has 0 aliphatic rings. The molecule has 2 amide bonds. The minimum Gasteiger partial charge on any atom is -0.467 e. The second-order valence-electron chi connectivity index (χ2n) is 5.93. The van der Waals surface area contributed by atoms with Crippen LogP contribution in [0.5, 0.6) is 0 Å². The number of alkyl halides is 3. The summed E-state index contributed by atoms with van der Waals surface area (Å²) >= 11 is 0. The molecule has 0 unspecified atom stereocenters. The number of nitrogens with one attached hydrogen (secondary N) is 2. The Morgan fingerprint density at radius 1 is 1.04 bits per heavy atom. The first-order valence-electron chi connectivity index (χ1n) is 8.41. The van der Waals surface area contributed by atoms with Crippen molar-refractivity contribution in [2.45, 2.75) is 38.4 Å². The fourth-order valence-electron chi connectivity index (χ4n) is 2.27. The number of rotatable bonds is 9. The maximum atomic E-state index is 12.3. The van der Waals surface area contributed by atoms with Crippen LogP contribution in [-0.4, -0.2) is 49.4 Å². The summed E-state index contributed by atoms with van der Waals surface area (Å²) in [6, 6.07) is 4.65. The highest BCUT2D eigenvalue weighted by Crippen LogP contribution is 2.15. The maximum absolute atomic E-state index is 12.3. The van der Waals surface area contributed by atoms with Crippen molar-refractivity contribution in [1.29, 1.82) is 0 Å². The lowest BCUT2D eigenvalue weighted by atomic mass is 10.1. The summed E-state index contributed by atoms with van der Waals surface area (Å²) in [6.07, 6.45) is -4.54. The summed E-state index contributed by atoms with van der Waals surface area (Å²) in [5.41, 5.74) is 0.834. The van der Waals surface area contributed by atoms with Crippen LogP contribution < -0.4 is 10.6 Å². The van der Waals surface area contributed by atoms with Crippen LogP contribution in [0.4, 0.5) is 13.2 Å². The van der Waals surface area contributed by atoms with E-state index in [-0.39, 0.29) is 31.1 Å². The van der Waals surface area contributed by atoms with Gasteiger partial charge in [-0.2, -0.15) is 13.2 Å². The zero-order valence-corrected chi connectivity index (χ0v) is 15.4.